The lowest BCUT2D eigenvalue weighted by Crippen LogP contribution is -1.87. The van der Waals surface area contributed by atoms with Crippen molar-refractivity contribution in [1.82, 2.24) is 4.98 Å². The van der Waals surface area contributed by atoms with E-state index in [2.05, 4.69) is 23.2 Å². The van der Waals surface area contributed by atoms with Gasteiger partial charge in [-0.2, -0.15) is 5.26 Å². The van der Waals surface area contributed by atoms with Gasteiger partial charge in [0.05, 0.1) is 11.8 Å². The maximum Gasteiger partial charge on any atom is 0.166 e. The molecule has 174 valence electrons. The summed E-state index contributed by atoms with van der Waals surface area (Å²) in [5, 5.41) is 8.50. The van der Waals surface area contributed by atoms with Crippen LogP contribution in [0, 0.1) is 11.3 Å². The molecule has 0 saturated carbocycles. The molecular formula is C28H46N2O. The van der Waals surface area contributed by atoms with E-state index in [-0.39, 0.29) is 0 Å². The number of rotatable bonds is 22. The van der Waals surface area contributed by atoms with Gasteiger partial charge in [-0.3, -0.25) is 4.79 Å². The molecule has 0 unspecified atom stereocenters. The highest BCUT2D eigenvalue weighted by atomic mass is 16.1. The molecule has 0 atom stereocenters. The molecule has 3 nitrogen and oxygen atoms in total. The maximum absolute atomic E-state index is 10.6. The number of nitrogens with zero attached hydrogens (tertiary/aromatic N) is 1. The van der Waals surface area contributed by atoms with Gasteiger partial charge in [-0.25, -0.2) is 0 Å². The number of aldehydes is 1. The van der Waals surface area contributed by atoms with Gasteiger partial charge in [0.25, 0.3) is 0 Å². The second kappa shape index (κ2) is 21.4. The Morgan fingerprint density at radius 2 is 1.16 bits per heavy atom. The topological polar surface area (TPSA) is 56.6 Å². The summed E-state index contributed by atoms with van der Waals surface area (Å²) in [6.07, 6.45) is 31.1. The number of hydrogen-bond acceptors (Lipinski definition) is 2. The van der Waals surface area contributed by atoms with Crippen LogP contribution in [-0.4, -0.2) is 11.3 Å². The largest absolute Gasteiger partial charge is 0.356 e. The molecule has 0 radical (unpaired) electrons. The Hall–Kier alpha value is -1.82. The van der Waals surface area contributed by atoms with Gasteiger partial charge in [-0.05, 0) is 57.1 Å². The first-order chi connectivity index (χ1) is 15.4. The lowest BCUT2D eigenvalue weighted by Gasteiger charge is -2.02. The van der Waals surface area contributed by atoms with Crippen LogP contribution in [0.2, 0.25) is 0 Å². The number of allylic oxidation sites excluding steroid dienone is 2. The van der Waals surface area contributed by atoms with E-state index in [1.807, 2.05) is 12.1 Å². The Balaban J connectivity index is 1.73. The van der Waals surface area contributed by atoms with Crippen LogP contribution in [0.3, 0.4) is 0 Å². The first-order valence-electron chi connectivity index (χ1n) is 13.0. The third kappa shape index (κ3) is 17.5. The first-order valence-corrected chi connectivity index (χ1v) is 13.0. The summed E-state index contributed by atoms with van der Waals surface area (Å²) in [5.74, 6) is 0. The molecule has 31 heavy (non-hydrogen) atoms. The number of H-pyrrole nitrogens is 1. The molecule has 0 bridgehead atoms. The number of carbonyl (C=O) groups excluding carboxylic acids is 1. The SMILES string of the molecule is N#CCCCCCCCCCCCCCCC=CCCCCCCc1ccc(C=O)[nH]1. The molecule has 0 aromatic carbocycles. The van der Waals surface area contributed by atoms with Gasteiger partial charge in [0.1, 0.15) is 0 Å². The highest BCUT2D eigenvalue weighted by Crippen LogP contribution is 2.13. The Kier molecular flexibility index (Phi) is 18.8. The van der Waals surface area contributed by atoms with Crippen LogP contribution in [0.5, 0.6) is 0 Å². The molecule has 1 aromatic heterocycles. The number of unbranched alkanes of at least 4 members (excludes halogenated alkanes) is 17. The zero-order chi connectivity index (χ0) is 22.2. The molecule has 0 aliphatic heterocycles. The van der Waals surface area contributed by atoms with Crippen LogP contribution in [0.4, 0.5) is 0 Å². The van der Waals surface area contributed by atoms with Crippen LogP contribution in [0.15, 0.2) is 24.3 Å². The fraction of sp³-hybridized carbons (Fsp3) is 0.714. The summed E-state index contributed by atoms with van der Waals surface area (Å²) in [6.45, 7) is 0. The van der Waals surface area contributed by atoms with E-state index in [0.717, 1.165) is 25.5 Å². The summed E-state index contributed by atoms with van der Waals surface area (Å²) >= 11 is 0. The predicted octanol–water partition coefficient (Wildman–Crippen LogP) is 8.86. The third-order valence-corrected chi connectivity index (χ3v) is 6.04. The molecular weight excluding hydrogens is 380 g/mol. The highest BCUT2D eigenvalue weighted by Gasteiger charge is 1.98. The van der Waals surface area contributed by atoms with Gasteiger partial charge in [0.2, 0.25) is 0 Å². The van der Waals surface area contributed by atoms with Crippen molar-refractivity contribution >= 4 is 6.29 Å². The smallest absolute Gasteiger partial charge is 0.166 e. The van der Waals surface area contributed by atoms with Crippen LogP contribution in [0.1, 0.15) is 138 Å². The monoisotopic (exact) mass is 426 g/mol. The summed E-state index contributed by atoms with van der Waals surface area (Å²) < 4.78 is 0. The molecule has 1 aromatic rings. The number of aromatic amines is 1. The number of aromatic nitrogens is 1. The summed E-state index contributed by atoms with van der Waals surface area (Å²) in [4.78, 5) is 13.8. The lowest BCUT2D eigenvalue weighted by molar-refractivity contribution is 0.111. The zero-order valence-corrected chi connectivity index (χ0v) is 19.9. The van der Waals surface area contributed by atoms with Crippen LogP contribution < -0.4 is 0 Å². The minimum Gasteiger partial charge on any atom is -0.356 e. The van der Waals surface area contributed by atoms with E-state index in [4.69, 9.17) is 5.26 Å². The van der Waals surface area contributed by atoms with Gasteiger partial charge in [-0.1, -0.05) is 89.2 Å². The molecule has 1 N–H and O–H groups in total. The molecule has 0 saturated heterocycles. The molecule has 0 fully saturated rings. The molecule has 0 amide bonds. The molecule has 0 aliphatic carbocycles. The standard InChI is InChI=1S/C28H46N2O/c29-25-21-19-17-15-13-11-9-7-5-3-1-2-4-6-8-10-12-14-16-18-20-22-27-23-24-28(26-31)30-27/h8,10,23-24,26,30H,1-7,9,11-22H2. The fourth-order valence-corrected chi connectivity index (χ4v) is 4.07. The summed E-state index contributed by atoms with van der Waals surface area (Å²) in [5.41, 5.74) is 1.87. The molecule has 1 heterocycles. The van der Waals surface area contributed by atoms with Crippen molar-refractivity contribution in [2.24, 2.45) is 0 Å². The van der Waals surface area contributed by atoms with E-state index in [0.29, 0.717) is 5.69 Å². The van der Waals surface area contributed by atoms with Gasteiger partial charge in [-0.15, -0.1) is 0 Å². The maximum atomic E-state index is 10.6. The Bertz CT molecular complexity index is 596. The Morgan fingerprint density at radius 1 is 0.677 bits per heavy atom. The van der Waals surface area contributed by atoms with Crippen molar-refractivity contribution in [1.29, 1.82) is 5.26 Å². The van der Waals surface area contributed by atoms with E-state index in [1.54, 1.807) is 0 Å². The average Bonchev–Trinajstić information content (AvgIpc) is 3.25. The molecule has 0 aliphatic rings. The average molecular weight is 427 g/mol. The Labute approximate surface area is 191 Å². The zero-order valence-electron chi connectivity index (χ0n) is 19.9. The second-order valence-electron chi connectivity index (χ2n) is 8.92. The number of nitrogens with one attached hydrogen (secondary N) is 1. The van der Waals surface area contributed by atoms with Gasteiger partial charge >= 0.3 is 0 Å². The third-order valence-electron chi connectivity index (χ3n) is 6.04. The quantitative estimate of drug-likeness (QED) is 0.114. The fourth-order valence-electron chi connectivity index (χ4n) is 4.07. The van der Waals surface area contributed by atoms with Crippen molar-refractivity contribution in [3.8, 4) is 6.07 Å². The second-order valence-corrected chi connectivity index (χ2v) is 8.92. The van der Waals surface area contributed by atoms with Gasteiger partial charge in [0, 0.05) is 12.1 Å². The molecule has 3 heteroatoms. The first kappa shape index (κ1) is 27.2. The number of carbonyl (C=O) groups is 1. The number of nitriles is 1. The lowest BCUT2D eigenvalue weighted by atomic mass is 10.0. The van der Waals surface area contributed by atoms with Gasteiger partial charge < -0.3 is 4.98 Å². The minimum atomic E-state index is 0.686. The number of hydrogen-bond donors (Lipinski definition) is 1. The molecule has 0 spiro atoms. The van der Waals surface area contributed by atoms with E-state index in [1.165, 1.54) is 115 Å². The van der Waals surface area contributed by atoms with Crippen molar-refractivity contribution in [2.45, 2.75) is 128 Å². The van der Waals surface area contributed by atoms with Crippen LogP contribution in [0.25, 0.3) is 0 Å². The predicted molar refractivity (Wildman–Crippen MR) is 132 cm³/mol. The molecule has 1 rings (SSSR count). The number of aryl methyl sites for hydroxylation is 1. The van der Waals surface area contributed by atoms with E-state index in [9.17, 15) is 4.79 Å². The van der Waals surface area contributed by atoms with E-state index < -0.39 is 0 Å². The highest BCUT2D eigenvalue weighted by molar-refractivity contribution is 5.71. The van der Waals surface area contributed by atoms with Gasteiger partial charge in [0.15, 0.2) is 6.29 Å². The Morgan fingerprint density at radius 3 is 1.65 bits per heavy atom. The minimum absolute atomic E-state index is 0.686. The normalized spacial score (nSPS) is 11.2. The van der Waals surface area contributed by atoms with Crippen molar-refractivity contribution < 1.29 is 4.79 Å². The van der Waals surface area contributed by atoms with Crippen molar-refractivity contribution in [3.63, 3.8) is 0 Å². The summed E-state index contributed by atoms with van der Waals surface area (Å²) in [6, 6.07) is 6.11. The van der Waals surface area contributed by atoms with Crippen LogP contribution >= 0.6 is 0 Å². The van der Waals surface area contributed by atoms with Crippen molar-refractivity contribution in [3.05, 3.63) is 35.7 Å². The van der Waals surface area contributed by atoms with E-state index >= 15 is 0 Å². The summed E-state index contributed by atoms with van der Waals surface area (Å²) in [7, 11) is 0. The van der Waals surface area contributed by atoms with Crippen molar-refractivity contribution in [2.75, 3.05) is 0 Å². The van der Waals surface area contributed by atoms with Crippen LogP contribution in [-0.2, 0) is 6.42 Å².